The standard InChI is InChI=1S/C22H47N.BrH/c1-5-7-9-11-12-13-14-15-16-17-19-21-22(23(3)4)20-18-10-8-6-2;/h22H,5-21H2,1-4H3;1H. The zero-order valence-corrected chi connectivity index (χ0v) is 19.2. The van der Waals surface area contributed by atoms with E-state index in [1.54, 1.807) is 0 Å². The molecule has 148 valence electrons. The number of rotatable bonds is 18. The second kappa shape index (κ2) is 21.5. The van der Waals surface area contributed by atoms with Gasteiger partial charge >= 0.3 is 0 Å². The van der Waals surface area contributed by atoms with E-state index in [1.165, 1.54) is 109 Å². The van der Waals surface area contributed by atoms with Crippen LogP contribution in [0.2, 0.25) is 0 Å². The summed E-state index contributed by atoms with van der Waals surface area (Å²) in [5, 5.41) is 0. The molecule has 1 unspecified atom stereocenters. The first-order chi connectivity index (χ1) is 11.2. The molecule has 0 aliphatic heterocycles. The van der Waals surface area contributed by atoms with E-state index < -0.39 is 0 Å². The second-order valence-corrected chi connectivity index (χ2v) is 7.79. The minimum absolute atomic E-state index is 0. The van der Waals surface area contributed by atoms with Crippen LogP contribution < -0.4 is 0 Å². The van der Waals surface area contributed by atoms with E-state index in [0.29, 0.717) is 0 Å². The fourth-order valence-electron chi connectivity index (χ4n) is 3.51. The molecule has 1 nitrogen and oxygen atoms in total. The smallest absolute Gasteiger partial charge is 0.00891 e. The van der Waals surface area contributed by atoms with Crippen LogP contribution in [0.1, 0.15) is 123 Å². The van der Waals surface area contributed by atoms with Gasteiger partial charge in [0.05, 0.1) is 0 Å². The van der Waals surface area contributed by atoms with E-state index in [-0.39, 0.29) is 17.0 Å². The molecule has 0 amide bonds. The molecule has 0 aromatic carbocycles. The quantitative estimate of drug-likeness (QED) is 0.208. The first-order valence-electron chi connectivity index (χ1n) is 10.9. The summed E-state index contributed by atoms with van der Waals surface area (Å²) in [4.78, 5) is 2.46. The summed E-state index contributed by atoms with van der Waals surface area (Å²) in [6.45, 7) is 4.60. The average Bonchev–Trinajstić information content (AvgIpc) is 2.54. The zero-order chi connectivity index (χ0) is 17.2. The van der Waals surface area contributed by atoms with Crippen LogP contribution in [-0.2, 0) is 0 Å². The molecule has 0 saturated carbocycles. The molecule has 24 heavy (non-hydrogen) atoms. The number of unbranched alkanes of at least 4 members (excludes halogenated alkanes) is 13. The third-order valence-electron chi connectivity index (χ3n) is 5.26. The van der Waals surface area contributed by atoms with Crippen molar-refractivity contribution >= 4 is 17.0 Å². The van der Waals surface area contributed by atoms with Crippen molar-refractivity contribution in [3.05, 3.63) is 0 Å². The highest BCUT2D eigenvalue weighted by molar-refractivity contribution is 8.93. The summed E-state index contributed by atoms with van der Waals surface area (Å²) >= 11 is 0. The molecule has 0 bridgehead atoms. The topological polar surface area (TPSA) is 3.24 Å². The van der Waals surface area contributed by atoms with Gasteiger partial charge in [-0.15, -0.1) is 17.0 Å². The maximum atomic E-state index is 2.46. The highest BCUT2D eigenvalue weighted by atomic mass is 79.9. The van der Waals surface area contributed by atoms with Gasteiger partial charge in [-0.25, -0.2) is 0 Å². The van der Waals surface area contributed by atoms with Gasteiger partial charge in [0.25, 0.3) is 0 Å². The molecule has 0 radical (unpaired) electrons. The fraction of sp³-hybridized carbons (Fsp3) is 1.00. The van der Waals surface area contributed by atoms with E-state index >= 15 is 0 Å². The Morgan fingerprint density at radius 2 is 0.792 bits per heavy atom. The summed E-state index contributed by atoms with van der Waals surface area (Å²) in [6, 6.07) is 0.824. The van der Waals surface area contributed by atoms with Gasteiger partial charge in [-0.1, -0.05) is 110 Å². The van der Waals surface area contributed by atoms with Crippen LogP contribution in [0.25, 0.3) is 0 Å². The van der Waals surface area contributed by atoms with E-state index in [9.17, 15) is 0 Å². The van der Waals surface area contributed by atoms with Crippen molar-refractivity contribution in [1.29, 1.82) is 0 Å². The molecule has 0 heterocycles. The molecule has 2 heteroatoms. The van der Waals surface area contributed by atoms with Crippen LogP contribution in [0.3, 0.4) is 0 Å². The van der Waals surface area contributed by atoms with Crippen molar-refractivity contribution < 1.29 is 0 Å². The van der Waals surface area contributed by atoms with Crippen LogP contribution in [0, 0.1) is 0 Å². The van der Waals surface area contributed by atoms with Crippen LogP contribution in [0.4, 0.5) is 0 Å². The second-order valence-electron chi connectivity index (χ2n) is 7.79. The Bertz CT molecular complexity index is 218. The molecule has 1 atom stereocenters. The van der Waals surface area contributed by atoms with Gasteiger partial charge < -0.3 is 4.90 Å². The van der Waals surface area contributed by atoms with Crippen molar-refractivity contribution in [3.8, 4) is 0 Å². The van der Waals surface area contributed by atoms with Gasteiger partial charge in [-0.3, -0.25) is 0 Å². The van der Waals surface area contributed by atoms with Crippen molar-refractivity contribution in [3.63, 3.8) is 0 Å². The molecule has 0 fully saturated rings. The first-order valence-corrected chi connectivity index (χ1v) is 10.9. The maximum Gasteiger partial charge on any atom is 0.00891 e. The van der Waals surface area contributed by atoms with Crippen molar-refractivity contribution in [2.24, 2.45) is 0 Å². The van der Waals surface area contributed by atoms with Gasteiger partial charge in [-0.05, 0) is 26.9 Å². The Morgan fingerprint density at radius 1 is 0.500 bits per heavy atom. The van der Waals surface area contributed by atoms with Crippen LogP contribution in [0.5, 0.6) is 0 Å². The molecule has 0 aromatic heterocycles. The Hall–Kier alpha value is 0.440. The monoisotopic (exact) mass is 405 g/mol. The molecule has 0 rings (SSSR count). The molecule has 0 aliphatic carbocycles. The van der Waals surface area contributed by atoms with Gasteiger partial charge in [0.2, 0.25) is 0 Å². The lowest BCUT2D eigenvalue weighted by atomic mass is 9.99. The van der Waals surface area contributed by atoms with Gasteiger partial charge in [0, 0.05) is 6.04 Å². The highest BCUT2D eigenvalue weighted by Crippen LogP contribution is 2.17. The highest BCUT2D eigenvalue weighted by Gasteiger charge is 2.10. The van der Waals surface area contributed by atoms with Gasteiger partial charge in [0.15, 0.2) is 0 Å². The Kier molecular flexibility index (Phi) is 23.9. The van der Waals surface area contributed by atoms with Crippen molar-refractivity contribution in [1.82, 2.24) is 4.90 Å². The van der Waals surface area contributed by atoms with Gasteiger partial charge in [-0.2, -0.15) is 0 Å². The lowest BCUT2D eigenvalue weighted by Gasteiger charge is -2.24. The van der Waals surface area contributed by atoms with E-state index in [4.69, 9.17) is 0 Å². The summed E-state index contributed by atoms with van der Waals surface area (Å²) in [6.07, 6.45) is 24.4. The average molecular weight is 407 g/mol. The molecule has 0 N–H and O–H groups in total. The summed E-state index contributed by atoms with van der Waals surface area (Å²) in [7, 11) is 4.53. The van der Waals surface area contributed by atoms with Crippen molar-refractivity contribution in [2.75, 3.05) is 14.1 Å². The fourth-order valence-corrected chi connectivity index (χ4v) is 3.51. The Balaban J connectivity index is 0. The zero-order valence-electron chi connectivity index (χ0n) is 17.5. The first kappa shape index (κ1) is 26.7. The molecule has 0 aromatic rings. The summed E-state index contributed by atoms with van der Waals surface area (Å²) in [5.74, 6) is 0. The number of halogens is 1. The van der Waals surface area contributed by atoms with Crippen molar-refractivity contribution in [2.45, 2.75) is 129 Å². The predicted molar refractivity (Wildman–Crippen MR) is 118 cm³/mol. The lowest BCUT2D eigenvalue weighted by Crippen LogP contribution is -2.27. The molecular weight excluding hydrogens is 358 g/mol. The third kappa shape index (κ3) is 18.8. The largest absolute Gasteiger partial charge is 0.306 e. The third-order valence-corrected chi connectivity index (χ3v) is 5.26. The lowest BCUT2D eigenvalue weighted by molar-refractivity contribution is 0.251. The molecule has 0 spiro atoms. The summed E-state index contributed by atoms with van der Waals surface area (Å²) in [5.41, 5.74) is 0. The number of hydrogen-bond donors (Lipinski definition) is 0. The predicted octanol–water partition coefficient (Wildman–Crippen LogP) is 8.17. The van der Waals surface area contributed by atoms with Crippen LogP contribution in [0.15, 0.2) is 0 Å². The van der Waals surface area contributed by atoms with E-state index in [2.05, 4.69) is 32.8 Å². The molecular formula is C22H48BrN. The number of nitrogens with zero attached hydrogens (tertiary/aromatic N) is 1. The molecule has 0 aliphatic rings. The Labute approximate surface area is 165 Å². The van der Waals surface area contributed by atoms with Crippen LogP contribution >= 0.6 is 17.0 Å². The molecule has 0 saturated heterocycles. The van der Waals surface area contributed by atoms with Crippen LogP contribution in [-0.4, -0.2) is 25.0 Å². The summed E-state index contributed by atoms with van der Waals surface area (Å²) < 4.78 is 0. The van der Waals surface area contributed by atoms with E-state index in [0.717, 1.165) is 6.04 Å². The maximum absolute atomic E-state index is 2.46. The van der Waals surface area contributed by atoms with E-state index in [1.807, 2.05) is 0 Å². The minimum atomic E-state index is 0. The SMILES string of the molecule is Br.CCCCCCCCCCCCCC(CCCCCC)N(C)C. The van der Waals surface area contributed by atoms with Gasteiger partial charge in [0.1, 0.15) is 0 Å². The normalized spacial score (nSPS) is 12.4. The number of hydrogen-bond acceptors (Lipinski definition) is 1. The Morgan fingerprint density at radius 3 is 1.12 bits per heavy atom. The minimum Gasteiger partial charge on any atom is -0.306 e.